The second kappa shape index (κ2) is 7.34. The Morgan fingerprint density at radius 2 is 1.96 bits per heavy atom. The van der Waals surface area contributed by atoms with Gasteiger partial charge in [0.1, 0.15) is 5.75 Å². The van der Waals surface area contributed by atoms with Gasteiger partial charge in [0.2, 0.25) is 0 Å². The minimum absolute atomic E-state index is 0.0325. The van der Waals surface area contributed by atoms with Crippen LogP contribution in [0.15, 0.2) is 41.5 Å². The van der Waals surface area contributed by atoms with Crippen LogP contribution in [-0.4, -0.2) is 27.3 Å². The SMILES string of the molecule is Cc1ccc(CO)c(/C=N\NC(=O)c2ccc([N+](=O)[O-])cc2)c1O. The molecule has 0 saturated carbocycles. The first-order valence-electron chi connectivity index (χ1n) is 6.94. The van der Waals surface area contributed by atoms with Crippen molar-refractivity contribution in [3.05, 3.63) is 68.8 Å². The summed E-state index contributed by atoms with van der Waals surface area (Å²) < 4.78 is 0. The van der Waals surface area contributed by atoms with Gasteiger partial charge >= 0.3 is 0 Å². The second-order valence-corrected chi connectivity index (χ2v) is 4.97. The first-order valence-corrected chi connectivity index (χ1v) is 6.94. The standard InChI is InChI=1S/C16H15N3O5/c1-10-2-3-12(9-20)14(15(10)21)8-17-18-16(22)11-4-6-13(7-5-11)19(23)24/h2-8,20-21H,9H2,1H3,(H,18,22)/b17-8-. The van der Waals surface area contributed by atoms with Crippen LogP contribution in [0.3, 0.4) is 0 Å². The monoisotopic (exact) mass is 329 g/mol. The van der Waals surface area contributed by atoms with Crippen LogP contribution in [-0.2, 0) is 6.61 Å². The molecule has 0 unspecified atom stereocenters. The molecular formula is C16H15N3O5. The van der Waals surface area contributed by atoms with E-state index in [2.05, 4.69) is 10.5 Å². The van der Waals surface area contributed by atoms with Crippen molar-refractivity contribution in [1.29, 1.82) is 0 Å². The average Bonchev–Trinajstić information content (AvgIpc) is 2.58. The third-order valence-electron chi connectivity index (χ3n) is 3.38. The highest BCUT2D eigenvalue weighted by Crippen LogP contribution is 2.24. The van der Waals surface area contributed by atoms with E-state index in [0.717, 1.165) is 0 Å². The molecule has 2 aromatic carbocycles. The summed E-state index contributed by atoms with van der Waals surface area (Å²) in [5.74, 6) is -0.589. The summed E-state index contributed by atoms with van der Waals surface area (Å²) in [6.07, 6.45) is 1.23. The number of aromatic hydroxyl groups is 1. The van der Waals surface area contributed by atoms with E-state index in [-0.39, 0.29) is 23.6 Å². The Morgan fingerprint density at radius 3 is 2.54 bits per heavy atom. The van der Waals surface area contributed by atoms with Gasteiger partial charge < -0.3 is 10.2 Å². The van der Waals surface area contributed by atoms with Gasteiger partial charge in [-0.1, -0.05) is 12.1 Å². The van der Waals surface area contributed by atoms with E-state index in [1.54, 1.807) is 19.1 Å². The Labute approximate surface area is 137 Å². The zero-order valence-corrected chi connectivity index (χ0v) is 12.8. The molecule has 1 amide bonds. The topological polar surface area (TPSA) is 125 Å². The first-order chi connectivity index (χ1) is 11.4. The van der Waals surface area contributed by atoms with E-state index in [1.165, 1.54) is 30.5 Å². The highest BCUT2D eigenvalue weighted by Gasteiger charge is 2.10. The second-order valence-electron chi connectivity index (χ2n) is 4.97. The largest absolute Gasteiger partial charge is 0.507 e. The third-order valence-corrected chi connectivity index (χ3v) is 3.38. The number of aliphatic hydroxyl groups excluding tert-OH is 1. The van der Waals surface area contributed by atoms with Crippen LogP contribution in [0, 0.1) is 17.0 Å². The van der Waals surface area contributed by atoms with Crippen LogP contribution in [0.4, 0.5) is 5.69 Å². The van der Waals surface area contributed by atoms with Gasteiger partial charge in [0.25, 0.3) is 11.6 Å². The number of aryl methyl sites for hydroxylation is 1. The molecule has 8 heteroatoms. The summed E-state index contributed by atoms with van der Waals surface area (Å²) in [6.45, 7) is 1.41. The van der Waals surface area contributed by atoms with Crippen molar-refractivity contribution in [2.75, 3.05) is 0 Å². The lowest BCUT2D eigenvalue weighted by Crippen LogP contribution is -2.17. The van der Waals surface area contributed by atoms with Crippen molar-refractivity contribution < 1.29 is 19.9 Å². The van der Waals surface area contributed by atoms with Crippen LogP contribution in [0.5, 0.6) is 5.75 Å². The lowest BCUT2D eigenvalue weighted by atomic mass is 10.0. The van der Waals surface area contributed by atoms with E-state index >= 15 is 0 Å². The number of hydrogen-bond acceptors (Lipinski definition) is 6. The van der Waals surface area contributed by atoms with Crippen molar-refractivity contribution in [3.8, 4) is 5.75 Å². The number of amides is 1. The predicted octanol–water partition coefficient (Wildman–Crippen LogP) is 1.87. The van der Waals surface area contributed by atoms with Gasteiger partial charge in [-0.05, 0) is 30.2 Å². The molecule has 0 bridgehead atoms. The van der Waals surface area contributed by atoms with Crippen molar-refractivity contribution in [2.45, 2.75) is 13.5 Å². The molecule has 0 aliphatic carbocycles. The molecule has 2 aromatic rings. The minimum Gasteiger partial charge on any atom is -0.507 e. The smallest absolute Gasteiger partial charge is 0.271 e. The highest BCUT2D eigenvalue weighted by atomic mass is 16.6. The summed E-state index contributed by atoms with van der Waals surface area (Å²) >= 11 is 0. The van der Waals surface area contributed by atoms with Crippen molar-refractivity contribution in [3.63, 3.8) is 0 Å². The van der Waals surface area contributed by atoms with Crippen molar-refractivity contribution >= 4 is 17.8 Å². The normalized spacial score (nSPS) is 10.8. The summed E-state index contributed by atoms with van der Waals surface area (Å²) in [7, 11) is 0. The van der Waals surface area contributed by atoms with Crippen molar-refractivity contribution in [2.24, 2.45) is 5.10 Å². The Bertz CT molecular complexity index is 800. The number of aliphatic hydroxyl groups is 1. The van der Waals surface area contributed by atoms with Gasteiger partial charge in [-0.15, -0.1) is 0 Å². The predicted molar refractivity (Wildman–Crippen MR) is 86.9 cm³/mol. The van der Waals surface area contributed by atoms with E-state index < -0.39 is 10.8 Å². The lowest BCUT2D eigenvalue weighted by Gasteiger charge is -2.07. The minimum atomic E-state index is -0.559. The number of benzene rings is 2. The first kappa shape index (κ1) is 17.1. The number of nitro groups is 1. The van der Waals surface area contributed by atoms with Crippen LogP contribution in [0.25, 0.3) is 0 Å². The van der Waals surface area contributed by atoms with E-state index in [9.17, 15) is 25.1 Å². The summed E-state index contributed by atoms with van der Waals surface area (Å²) in [4.78, 5) is 21.9. The number of nitrogens with zero attached hydrogens (tertiary/aromatic N) is 2. The molecule has 24 heavy (non-hydrogen) atoms. The number of hydrazone groups is 1. The summed E-state index contributed by atoms with van der Waals surface area (Å²) in [6, 6.07) is 8.37. The van der Waals surface area contributed by atoms with Crippen LogP contribution >= 0.6 is 0 Å². The summed E-state index contributed by atoms with van der Waals surface area (Å²) in [5.41, 5.74) is 3.72. The number of rotatable bonds is 5. The third kappa shape index (κ3) is 3.73. The van der Waals surface area contributed by atoms with Gasteiger partial charge in [-0.2, -0.15) is 5.10 Å². The average molecular weight is 329 g/mol. The number of hydrogen-bond donors (Lipinski definition) is 3. The molecule has 0 aliphatic rings. The number of non-ortho nitro benzene ring substituents is 1. The fraction of sp³-hybridized carbons (Fsp3) is 0.125. The van der Waals surface area contributed by atoms with Gasteiger partial charge in [0, 0.05) is 23.3 Å². The molecule has 0 radical (unpaired) electrons. The number of carbonyl (C=O) groups is 1. The quantitative estimate of drug-likeness (QED) is 0.438. The molecule has 3 N–H and O–H groups in total. The zero-order valence-electron chi connectivity index (χ0n) is 12.8. The fourth-order valence-corrected chi connectivity index (χ4v) is 2.00. The molecule has 2 rings (SSSR count). The zero-order chi connectivity index (χ0) is 17.7. The molecule has 8 nitrogen and oxygen atoms in total. The number of nitrogens with one attached hydrogen (secondary N) is 1. The molecule has 0 heterocycles. The maximum atomic E-state index is 11.9. The van der Waals surface area contributed by atoms with Crippen LogP contribution in [0.2, 0.25) is 0 Å². The molecule has 0 aromatic heterocycles. The van der Waals surface area contributed by atoms with Gasteiger partial charge in [0.05, 0.1) is 17.7 Å². The lowest BCUT2D eigenvalue weighted by molar-refractivity contribution is -0.384. The Hall–Kier alpha value is -3.26. The van der Waals surface area contributed by atoms with Gasteiger partial charge in [-0.25, -0.2) is 5.43 Å². The molecule has 124 valence electrons. The molecular weight excluding hydrogens is 314 g/mol. The Kier molecular flexibility index (Phi) is 5.23. The molecule has 0 atom stereocenters. The maximum Gasteiger partial charge on any atom is 0.271 e. The molecule has 0 spiro atoms. The van der Waals surface area contributed by atoms with Crippen LogP contribution in [0.1, 0.15) is 27.0 Å². The van der Waals surface area contributed by atoms with E-state index in [1.807, 2.05) is 0 Å². The van der Waals surface area contributed by atoms with Gasteiger partial charge in [-0.3, -0.25) is 14.9 Å². The fourth-order valence-electron chi connectivity index (χ4n) is 2.00. The highest BCUT2D eigenvalue weighted by molar-refractivity contribution is 5.95. The Balaban J connectivity index is 2.13. The van der Waals surface area contributed by atoms with E-state index in [4.69, 9.17) is 0 Å². The van der Waals surface area contributed by atoms with E-state index in [0.29, 0.717) is 16.7 Å². The molecule has 0 saturated heterocycles. The van der Waals surface area contributed by atoms with Crippen LogP contribution < -0.4 is 5.43 Å². The summed E-state index contributed by atoms with van der Waals surface area (Å²) in [5, 5.41) is 33.6. The Morgan fingerprint density at radius 1 is 1.29 bits per heavy atom. The number of phenolic OH excluding ortho intramolecular Hbond substituents is 1. The maximum absolute atomic E-state index is 11.9. The van der Waals surface area contributed by atoms with Crippen molar-refractivity contribution in [1.82, 2.24) is 5.43 Å². The molecule has 0 fully saturated rings. The molecule has 0 aliphatic heterocycles. The number of nitro benzene ring substituents is 1. The van der Waals surface area contributed by atoms with Gasteiger partial charge in [0.15, 0.2) is 0 Å². The number of carbonyl (C=O) groups excluding carboxylic acids is 1. The number of phenols is 1.